The van der Waals surface area contributed by atoms with E-state index in [0.717, 1.165) is 22.3 Å². The molecule has 2 aromatic carbocycles. The predicted octanol–water partition coefficient (Wildman–Crippen LogP) is 2.93. The van der Waals surface area contributed by atoms with E-state index < -0.39 is 0 Å². The number of fused-ring (bicyclic) bond motifs is 1. The van der Waals surface area contributed by atoms with Crippen LogP contribution >= 0.6 is 0 Å². The average Bonchev–Trinajstić information content (AvgIpc) is 2.89. The maximum atomic E-state index is 5.29. The number of benzene rings is 2. The van der Waals surface area contributed by atoms with Crippen LogP contribution < -0.4 is 4.74 Å². The Morgan fingerprint density at radius 2 is 1.89 bits per heavy atom. The van der Waals surface area contributed by atoms with Crippen LogP contribution in [0.25, 0.3) is 11.0 Å². The minimum atomic E-state index is 0.802. The maximum absolute atomic E-state index is 5.29. The van der Waals surface area contributed by atoms with Crippen molar-refractivity contribution in [1.82, 2.24) is 9.66 Å². The summed E-state index contributed by atoms with van der Waals surface area (Å²) in [7, 11) is 1.65. The number of rotatable bonds is 3. The second-order valence-electron chi connectivity index (χ2n) is 4.06. The van der Waals surface area contributed by atoms with Gasteiger partial charge in [0, 0.05) is 5.56 Å². The highest BCUT2D eigenvalue weighted by Crippen LogP contribution is 2.16. The SMILES string of the molecule is COc1ccccc1/C=N\n1cnc2ccccc21. The number of hydrogen-bond donors (Lipinski definition) is 0. The lowest BCUT2D eigenvalue weighted by Crippen LogP contribution is -1.92. The number of nitrogens with zero attached hydrogens (tertiary/aromatic N) is 3. The first kappa shape index (κ1) is 11.5. The van der Waals surface area contributed by atoms with Crippen molar-refractivity contribution in [3.63, 3.8) is 0 Å². The predicted molar refractivity (Wildman–Crippen MR) is 75.7 cm³/mol. The Labute approximate surface area is 111 Å². The van der Waals surface area contributed by atoms with E-state index in [1.807, 2.05) is 48.5 Å². The molecule has 3 rings (SSSR count). The molecule has 4 heteroatoms. The quantitative estimate of drug-likeness (QED) is 0.671. The molecule has 0 aliphatic rings. The Morgan fingerprint density at radius 1 is 1.11 bits per heavy atom. The van der Waals surface area contributed by atoms with E-state index in [1.54, 1.807) is 24.3 Å². The molecule has 0 aliphatic heterocycles. The Hall–Kier alpha value is -2.62. The van der Waals surface area contributed by atoms with Crippen molar-refractivity contribution >= 4 is 17.2 Å². The zero-order valence-electron chi connectivity index (χ0n) is 10.5. The van der Waals surface area contributed by atoms with Gasteiger partial charge in [0.2, 0.25) is 0 Å². The fourth-order valence-corrected chi connectivity index (χ4v) is 1.94. The molecule has 0 aliphatic carbocycles. The summed E-state index contributed by atoms with van der Waals surface area (Å²) in [5.74, 6) is 0.802. The second-order valence-corrected chi connectivity index (χ2v) is 4.06. The molecular formula is C15H13N3O. The number of para-hydroxylation sites is 3. The molecule has 0 spiro atoms. The largest absolute Gasteiger partial charge is 0.496 e. The van der Waals surface area contributed by atoms with Crippen LogP contribution in [0.5, 0.6) is 5.75 Å². The lowest BCUT2D eigenvalue weighted by atomic mass is 10.2. The molecule has 0 bridgehead atoms. The van der Waals surface area contributed by atoms with Crippen molar-refractivity contribution in [2.45, 2.75) is 0 Å². The summed E-state index contributed by atoms with van der Waals surface area (Å²) in [6.45, 7) is 0. The van der Waals surface area contributed by atoms with E-state index in [4.69, 9.17) is 4.74 Å². The highest BCUT2D eigenvalue weighted by Gasteiger charge is 2.00. The summed E-state index contributed by atoms with van der Waals surface area (Å²) in [5, 5.41) is 4.42. The van der Waals surface area contributed by atoms with Gasteiger partial charge in [0.05, 0.1) is 24.4 Å². The summed E-state index contributed by atoms with van der Waals surface area (Å²) < 4.78 is 7.04. The Morgan fingerprint density at radius 3 is 2.79 bits per heavy atom. The van der Waals surface area contributed by atoms with Crippen molar-refractivity contribution in [3.8, 4) is 5.75 Å². The Kier molecular flexibility index (Phi) is 2.98. The van der Waals surface area contributed by atoms with Crippen LogP contribution in [0.3, 0.4) is 0 Å². The third-order valence-electron chi connectivity index (χ3n) is 2.89. The van der Waals surface area contributed by atoms with E-state index in [-0.39, 0.29) is 0 Å². The first-order valence-electron chi connectivity index (χ1n) is 5.98. The van der Waals surface area contributed by atoms with Gasteiger partial charge in [0.15, 0.2) is 0 Å². The van der Waals surface area contributed by atoms with Crippen LogP contribution in [-0.2, 0) is 0 Å². The summed E-state index contributed by atoms with van der Waals surface area (Å²) >= 11 is 0. The van der Waals surface area contributed by atoms with Crippen molar-refractivity contribution in [1.29, 1.82) is 0 Å². The number of ether oxygens (including phenoxy) is 1. The van der Waals surface area contributed by atoms with Gasteiger partial charge in [-0.2, -0.15) is 5.10 Å². The molecule has 94 valence electrons. The first-order valence-corrected chi connectivity index (χ1v) is 5.98. The normalized spacial score (nSPS) is 11.2. The number of methoxy groups -OCH3 is 1. The van der Waals surface area contributed by atoms with Crippen LogP contribution in [0.1, 0.15) is 5.56 Å². The van der Waals surface area contributed by atoms with Gasteiger partial charge in [-0.05, 0) is 24.3 Å². The highest BCUT2D eigenvalue weighted by molar-refractivity contribution is 5.84. The third kappa shape index (κ3) is 2.20. The van der Waals surface area contributed by atoms with E-state index >= 15 is 0 Å². The molecule has 1 aromatic heterocycles. The minimum absolute atomic E-state index is 0.802. The van der Waals surface area contributed by atoms with Crippen LogP contribution in [0, 0.1) is 0 Å². The van der Waals surface area contributed by atoms with Crippen LogP contribution in [-0.4, -0.2) is 23.0 Å². The monoisotopic (exact) mass is 251 g/mol. The van der Waals surface area contributed by atoms with Crippen LogP contribution in [0.2, 0.25) is 0 Å². The van der Waals surface area contributed by atoms with Gasteiger partial charge in [-0.25, -0.2) is 9.66 Å². The van der Waals surface area contributed by atoms with Crippen molar-refractivity contribution in [2.75, 3.05) is 7.11 Å². The molecule has 0 N–H and O–H groups in total. The minimum Gasteiger partial charge on any atom is -0.496 e. The van der Waals surface area contributed by atoms with Crippen molar-refractivity contribution in [2.24, 2.45) is 5.10 Å². The molecule has 0 unspecified atom stereocenters. The topological polar surface area (TPSA) is 39.4 Å². The lowest BCUT2D eigenvalue weighted by molar-refractivity contribution is 0.414. The lowest BCUT2D eigenvalue weighted by Gasteiger charge is -2.02. The van der Waals surface area contributed by atoms with E-state index in [9.17, 15) is 0 Å². The zero-order chi connectivity index (χ0) is 13.1. The van der Waals surface area contributed by atoms with E-state index in [1.165, 1.54) is 0 Å². The molecular weight excluding hydrogens is 238 g/mol. The standard InChI is InChI=1S/C15H13N3O/c1-19-15-9-5-2-6-12(15)10-17-18-11-16-13-7-3-4-8-14(13)18/h2-11H,1H3/b17-10-. The molecule has 0 amide bonds. The Bertz CT molecular complexity index is 731. The Balaban J connectivity index is 1.98. The molecule has 0 saturated carbocycles. The smallest absolute Gasteiger partial charge is 0.127 e. The molecule has 0 radical (unpaired) electrons. The summed E-state index contributed by atoms with van der Waals surface area (Å²) in [5.41, 5.74) is 2.84. The second kappa shape index (κ2) is 4.94. The summed E-state index contributed by atoms with van der Waals surface area (Å²) in [6.07, 6.45) is 3.48. The van der Waals surface area contributed by atoms with Gasteiger partial charge in [0.25, 0.3) is 0 Å². The zero-order valence-corrected chi connectivity index (χ0v) is 10.5. The first-order chi connectivity index (χ1) is 9.38. The van der Waals surface area contributed by atoms with Gasteiger partial charge in [-0.1, -0.05) is 24.3 Å². The maximum Gasteiger partial charge on any atom is 0.127 e. The van der Waals surface area contributed by atoms with E-state index in [2.05, 4.69) is 10.1 Å². The van der Waals surface area contributed by atoms with Crippen molar-refractivity contribution < 1.29 is 4.74 Å². The molecule has 3 aromatic rings. The molecule has 0 atom stereocenters. The van der Waals surface area contributed by atoms with E-state index in [0.29, 0.717) is 0 Å². The summed E-state index contributed by atoms with van der Waals surface area (Å²) in [4.78, 5) is 4.29. The molecule has 4 nitrogen and oxygen atoms in total. The number of imidazole rings is 1. The van der Waals surface area contributed by atoms with Gasteiger partial charge >= 0.3 is 0 Å². The van der Waals surface area contributed by atoms with Gasteiger partial charge in [-0.15, -0.1) is 0 Å². The van der Waals surface area contributed by atoms with Gasteiger partial charge < -0.3 is 4.74 Å². The van der Waals surface area contributed by atoms with Crippen LogP contribution in [0.4, 0.5) is 0 Å². The third-order valence-corrected chi connectivity index (χ3v) is 2.89. The molecule has 0 saturated heterocycles. The van der Waals surface area contributed by atoms with Gasteiger partial charge in [0.1, 0.15) is 12.1 Å². The van der Waals surface area contributed by atoms with Crippen molar-refractivity contribution in [3.05, 3.63) is 60.4 Å². The van der Waals surface area contributed by atoms with Gasteiger partial charge in [-0.3, -0.25) is 0 Å². The fourth-order valence-electron chi connectivity index (χ4n) is 1.94. The molecule has 0 fully saturated rings. The number of aromatic nitrogens is 2. The highest BCUT2D eigenvalue weighted by atomic mass is 16.5. The summed E-state index contributed by atoms with van der Waals surface area (Å²) in [6, 6.07) is 15.6. The fraction of sp³-hybridized carbons (Fsp3) is 0.0667. The van der Waals surface area contributed by atoms with Crippen LogP contribution in [0.15, 0.2) is 60.0 Å². The molecule has 1 heterocycles. The average molecular weight is 251 g/mol. The molecule has 19 heavy (non-hydrogen) atoms. The number of hydrogen-bond acceptors (Lipinski definition) is 3.